The number of nitriles is 1. The van der Waals surface area contributed by atoms with Crippen molar-refractivity contribution < 1.29 is 4.79 Å². The molecule has 6 heteroatoms. The van der Waals surface area contributed by atoms with E-state index in [0.29, 0.717) is 17.3 Å². The van der Waals surface area contributed by atoms with Crippen LogP contribution in [0.2, 0.25) is 5.15 Å². The first kappa shape index (κ1) is 18.8. The lowest BCUT2D eigenvalue weighted by molar-refractivity contribution is -0.128. The maximum Gasteiger partial charge on any atom is 0.247 e. The number of nitrogens with zero attached hydrogens (tertiary/aromatic N) is 4. The molecule has 1 aromatic carbocycles. The quantitative estimate of drug-likeness (QED) is 0.767. The summed E-state index contributed by atoms with van der Waals surface area (Å²) in [5.74, 6) is -0.0984. The highest BCUT2D eigenvalue weighted by Gasteiger charge is 2.16. The molecule has 0 aliphatic rings. The summed E-state index contributed by atoms with van der Waals surface area (Å²) in [4.78, 5) is 14.4. The van der Waals surface area contributed by atoms with Gasteiger partial charge >= 0.3 is 0 Å². The number of amides is 1. The van der Waals surface area contributed by atoms with Gasteiger partial charge in [-0.25, -0.2) is 0 Å². The summed E-state index contributed by atoms with van der Waals surface area (Å²) in [6, 6.07) is 9.38. The molecule has 0 saturated heterocycles. The van der Waals surface area contributed by atoms with E-state index in [1.165, 1.54) is 6.08 Å². The van der Waals surface area contributed by atoms with E-state index < -0.39 is 0 Å². The Morgan fingerprint density at radius 1 is 1.40 bits per heavy atom. The van der Waals surface area contributed by atoms with E-state index in [1.807, 2.05) is 32.9 Å². The molecule has 0 bridgehead atoms. The molecular formula is C19H21ClN4O. The minimum atomic E-state index is -0.0984. The van der Waals surface area contributed by atoms with Crippen molar-refractivity contribution in [3.8, 4) is 6.07 Å². The molecule has 0 aliphatic heterocycles. The Bertz CT molecular complexity index is 828. The topological polar surface area (TPSA) is 61.9 Å². The molecular weight excluding hydrogens is 336 g/mol. The lowest BCUT2D eigenvalue weighted by atomic mass is 10.1. The summed E-state index contributed by atoms with van der Waals surface area (Å²) in [6.07, 6.45) is 3.24. The van der Waals surface area contributed by atoms with Crippen LogP contribution in [0.5, 0.6) is 0 Å². The summed E-state index contributed by atoms with van der Waals surface area (Å²) in [6.45, 7) is 6.27. The zero-order chi connectivity index (χ0) is 18.6. The predicted octanol–water partition coefficient (Wildman–Crippen LogP) is 3.70. The predicted molar refractivity (Wildman–Crippen MR) is 98.8 cm³/mol. The Labute approximate surface area is 153 Å². The van der Waals surface area contributed by atoms with Gasteiger partial charge in [0.25, 0.3) is 0 Å². The Balaban J connectivity index is 2.17. The van der Waals surface area contributed by atoms with Gasteiger partial charge in [-0.05, 0) is 44.5 Å². The van der Waals surface area contributed by atoms with Crippen molar-refractivity contribution in [3.63, 3.8) is 0 Å². The van der Waals surface area contributed by atoms with Crippen molar-refractivity contribution in [1.29, 1.82) is 5.26 Å². The molecule has 1 amide bonds. The molecule has 0 fully saturated rings. The van der Waals surface area contributed by atoms with Crippen LogP contribution in [0, 0.1) is 18.3 Å². The number of hydrogen-bond donors (Lipinski definition) is 0. The fourth-order valence-corrected chi connectivity index (χ4v) is 2.72. The first-order chi connectivity index (χ1) is 11.8. The van der Waals surface area contributed by atoms with Crippen LogP contribution in [-0.2, 0) is 18.4 Å². The summed E-state index contributed by atoms with van der Waals surface area (Å²) in [7, 11) is 1.76. The van der Waals surface area contributed by atoms with E-state index in [9.17, 15) is 4.79 Å². The van der Waals surface area contributed by atoms with Gasteiger partial charge in [-0.1, -0.05) is 23.7 Å². The second-order valence-electron chi connectivity index (χ2n) is 6.12. The molecule has 1 heterocycles. The van der Waals surface area contributed by atoms with E-state index in [1.54, 1.807) is 34.8 Å². The van der Waals surface area contributed by atoms with E-state index in [-0.39, 0.29) is 11.9 Å². The van der Waals surface area contributed by atoms with Crippen LogP contribution < -0.4 is 0 Å². The Morgan fingerprint density at radius 2 is 2.04 bits per heavy atom. The molecule has 0 atom stereocenters. The second-order valence-corrected chi connectivity index (χ2v) is 6.47. The van der Waals surface area contributed by atoms with Crippen LogP contribution in [-0.4, -0.2) is 26.6 Å². The van der Waals surface area contributed by atoms with Crippen molar-refractivity contribution in [2.45, 2.75) is 33.4 Å². The third-order valence-electron chi connectivity index (χ3n) is 3.93. The number of aromatic nitrogens is 2. The molecule has 0 radical (unpaired) electrons. The lowest BCUT2D eigenvalue weighted by Gasteiger charge is -2.25. The fourth-order valence-electron chi connectivity index (χ4n) is 2.48. The van der Waals surface area contributed by atoms with E-state index in [2.05, 4.69) is 11.2 Å². The highest BCUT2D eigenvalue weighted by Crippen LogP contribution is 2.20. The number of carbonyl (C=O) groups excluding carboxylic acids is 1. The van der Waals surface area contributed by atoms with Gasteiger partial charge in [0, 0.05) is 31.3 Å². The third-order valence-corrected chi connectivity index (χ3v) is 4.38. The van der Waals surface area contributed by atoms with Crippen LogP contribution in [0.1, 0.15) is 36.2 Å². The Hall–Kier alpha value is -2.58. The van der Waals surface area contributed by atoms with Crippen molar-refractivity contribution in [2.75, 3.05) is 0 Å². The normalized spacial score (nSPS) is 11.1. The number of carbonyl (C=O) groups is 1. The summed E-state index contributed by atoms with van der Waals surface area (Å²) >= 11 is 6.20. The van der Waals surface area contributed by atoms with Crippen LogP contribution in [0.25, 0.3) is 6.08 Å². The maximum absolute atomic E-state index is 12.6. The zero-order valence-electron chi connectivity index (χ0n) is 14.8. The minimum absolute atomic E-state index is 0.0401. The summed E-state index contributed by atoms with van der Waals surface area (Å²) < 4.78 is 1.58. The monoisotopic (exact) mass is 356 g/mol. The lowest BCUT2D eigenvalue weighted by Crippen LogP contribution is -2.35. The molecule has 0 N–H and O–H groups in total. The molecule has 2 rings (SSSR count). The maximum atomic E-state index is 12.6. The van der Waals surface area contributed by atoms with Gasteiger partial charge in [0.05, 0.1) is 17.3 Å². The van der Waals surface area contributed by atoms with Crippen molar-refractivity contribution in [3.05, 3.63) is 57.9 Å². The molecule has 1 aromatic heterocycles. The third kappa shape index (κ3) is 4.49. The van der Waals surface area contributed by atoms with E-state index in [4.69, 9.17) is 16.9 Å². The highest BCUT2D eigenvalue weighted by atomic mass is 35.5. The number of benzene rings is 1. The van der Waals surface area contributed by atoms with Gasteiger partial charge in [-0.15, -0.1) is 0 Å². The van der Waals surface area contributed by atoms with Gasteiger partial charge in [0.1, 0.15) is 5.15 Å². The highest BCUT2D eigenvalue weighted by molar-refractivity contribution is 6.31. The zero-order valence-corrected chi connectivity index (χ0v) is 15.6. The molecule has 130 valence electrons. The molecule has 0 spiro atoms. The minimum Gasteiger partial charge on any atom is -0.332 e. The first-order valence-electron chi connectivity index (χ1n) is 8.00. The van der Waals surface area contributed by atoms with Gasteiger partial charge in [-0.3, -0.25) is 9.48 Å². The Morgan fingerprint density at radius 3 is 2.52 bits per heavy atom. The molecule has 0 unspecified atom stereocenters. The van der Waals surface area contributed by atoms with Gasteiger partial charge in [0.2, 0.25) is 5.91 Å². The first-order valence-corrected chi connectivity index (χ1v) is 8.38. The molecule has 2 aromatic rings. The number of rotatable bonds is 5. The van der Waals surface area contributed by atoms with Crippen molar-refractivity contribution in [2.24, 2.45) is 7.05 Å². The largest absolute Gasteiger partial charge is 0.332 e. The van der Waals surface area contributed by atoms with Crippen LogP contribution in [0.15, 0.2) is 30.3 Å². The van der Waals surface area contributed by atoms with Crippen LogP contribution in [0.3, 0.4) is 0 Å². The van der Waals surface area contributed by atoms with E-state index in [0.717, 1.165) is 16.8 Å². The number of aryl methyl sites for hydroxylation is 2. The summed E-state index contributed by atoms with van der Waals surface area (Å²) in [5.41, 5.74) is 3.11. The Kier molecular flexibility index (Phi) is 6.00. The van der Waals surface area contributed by atoms with Gasteiger partial charge < -0.3 is 4.90 Å². The smallest absolute Gasteiger partial charge is 0.247 e. The molecule has 0 saturated carbocycles. The average molecular weight is 357 g/mol. The molecule has 25 heavy (non-hydrogen) atoms. The van der Waals surface area contributed by atoms with Crippen molar-refractivity contribution in [1.82, 2.24) is 14.7 Å². The van der Waals surface area contributed by atoms with Crippen molar-refractivity contribution >= 4 is 23.6 Å². The number of halogens is 1. The van der Waals surface area contributed by atoms with Crippen LogP contribution >= 0.6 is 11.6 Å². The fraction of sp³-hybridized carbons (Fsp3) is 0.316. The number of hydrogen-bond acceptors (Lipinski definition) is 3. The van der Waals surface area contributed by atoms with Gasteiger partial charge in [0.15, 0.2) is 0 Å². The standard InChI is InChI=1S/C19H21ClN4O/c1-13(2)24(12-16-7-5-15(11-21)6-8-16)18(25)10-9-17-14(3)22-23(4)19(17)20/h5-10,13H,12H2,1-4H3/b10-9+. The molecule has 0 aliphatic carbocycles. The van der Waals surface area contributed by atoms with Gasteiger partial charge in [-0.2, -0.15) is 10.4 Å². The van der Waals surface area contributed by atoms with Crippen LogP contribution in [0.4, 0.5) is 0 Å². The van der Waals surface area contributed by atoms with E-state index >= 15 is 0 Å². The SMILES string of the molecule is Cc1nn(C)c(Cl)c1/C=C/C(=O)N(Cc1ccc(C#N)cc1)C(C)C. The average Bonchev–Trinajstić information content (AvgIpc) is 2.83. The second kappa shape index (κ2) is 8.00. The molecule has 5 nitrogen and oxygen atoms in total. The summed E-state index contributed by atoms with van der Waals surface area (Å²) in [5, 5.41) is 13.6.